The van der Waals surface area contributed by atoms with Crippen molar-refractivity contribution in [1.82, 2.24) is 0 Å². The van der Waals surface area contributed by atoms with Crippen LogP contribution in [0, 0.1) is 0 Å². The molecule has 0 bridgehead atoms. The summed E-state index contributed by atoms with van der Waals surface area (Å²) in [7, 11) is 0. The average molecular weight is 273 g/mol. The Labute approximate surface area is 112 Å². The summed E-state index contributed by atoms with van der Waals surface area (Å²) >= 11 is 11.0. The van der Waals surface area contributed by atoms with E-state index in [4.69, 9.17) is 34.3 Å². The number of anilines is 1. The van der Waals surface area contributed by atoms with E-state index in [1.807, 2.05) is 26.0 Å². The van der Waals surface area contributed by atoms with Crippen LogP contribution in [-0.2, 0) is 4.74 Å². The van der Waals surface area contributed by atoms with Crippen LogP contribution in [0.5, 0.6) is 0 Å². The minimum Gasteiger partial charge on any atom is -0.389 e. The predicted octanol–water partition coefficient (Wildman–Crippen LogP) is 2.81. The van der Waals surface area contributed by atoms with E-state index in [9.17, 15) is 0 Å². The molecule has 0 aliphatic rings. The molecule has 1 aromatic rings. The van der Waals surface area contributed by atoms with Crippen LogP contribution in [0.1, 0.15) is 19.4 Å². The van der Waals surface area contributed by atoms with Crippen molar-refractivity contribution in [2.24, 2.45) is 5.73 Å². The first kappa shape index (κ1) is 14.2. The minimum atomic E-state index is 0.228. The van der Waals surface area contributed by atoms with E-state index < -0.39 is 0 Å². The van der Waals surface area contributed by atoms with Gasteiger partial charge in [-0.25, -0.2) is 0 Å². The van der Waals surface area contributed by atoms with Crippen molar-refractivity contribution in [2.75, 3.05) is 18.5 Å². The summed E-state index contributed by atoms with van der Waals surface area (Å²) in [5, 5.41) is 3.78. The number of ether oxygens (including phenoxy) is 1. The zero-order valence-corrected chi connectivity index (χ0v) is 11.6. The summed E-state index contributed by atoms with van der Waals surface area (Å²) in [6, 6.07) is 5.53. The van der Waals surface area contributed by atoms with E-state index in [1.54, 1.807) is 6.07 Å². The lowest BCUT2D eigenvalue weighted by Gasteiger charge is -2.13. The lowest BCUT2D eigenvalue weighted by Crippen LogP contribution is -2.17. The van der Waals surface area contributed by atoms with Gasteiger partial charge in [-0.15, -0.1) is 0 Å². The van der Waals surface area contributed by atoms with E-state index in [0.717, 1.165) is 5.69 Å². The Bertz CT molecular complexity index is 396. The quantitative estimate of drug-likeness (QED) is 0.618. The Balaban J connectivity index is 2.64. The molecule has 0 aromatic heterocycles. The number of hydrogen-bond acceptors (Lipinski definition) is 3. The van der Waals surface area contributed by atoms with Crippen LogP contribution in [0.3, 0.4) is 0 Å². The number of rotatable bonds is 6. The predicted molar refractivity (Wildman–Crippen MR) is 76.9 cm³/mol. The summed E-state index contributed by atoms with van der Waals surface area (Å²) in [5.41, 5.74) is 7.18. The molecule has 17 heavy (non-hydrogen) atoms. The zero-order chi connectivity index (χ0) is 12.8. The first-order valence-corrected chi connectivity index (χ1v) is 6.24. The smallest absolute Gasteiger partial charge is 0.107 e. The van der Waals surface area contributed by atoms with Crippen molar-refractivity contribution in [3.63, 3.8) is 0 Å². The van der Waals surface area contributed by atoms with Gasteiger partial charge in [-0.2, -0.15) is 0 Å². The molecule has 1 rings (SSSR count). The van der Waals surface area contributed by atoms with E-state index in [1.165, 1.54) is 0 Å². The molecule has 0 amide bonds. The van der Waals surface area contributed by atoms with Gasteiger partial charge in [-0.1, -0.05) is 29.9 Å². The second kappa shape index (κ2) is 6.79. The molecule has 0 saturated carbocycles. The van der Waals surface area contributed by atoms with Crippen molar-refractivity contribution < 1.29 is 4.74 Å². The van der Waals surface area contributed by atoms with Gasteiger partial charge in [0.1, 0.15) is 4.99 Å². The van der Waals surface area contributed by atoms with Gasteiger partial charge in [0.05, 0.1) is 23.3 Å². The fourth-order valence-corrected chi connectivity index (χ4v) is 1.95. The lowest BCUT2D eigenvalue weighted by molar-refractivity contribution is 0.0870. The second-order valence-electron chi connectivity index (χ2n) is 3.87. The summed E-state index contributed by atoms with van der Waals surface area (Å²) in [6.07, 6.45) is 0.228. The molecule has 0 aliphatic heterocycles. The summed E-state index contributed by atoms with van der Waals surface area (Å²) in [4.78, 5) is 0.294. The van der Waals surface area contributed by atoms with Crippen LogP contribution >= 0.6 is 23.8 Å². The number of nitrogens with one attached hydrogen (secondary N) is 1. The average Bonchev–Trinajstić information content (AvgIpc) is 2.23. The monoisotopic (exact) mass is 272 g/mol. The third-order valence-corrected chi connectivity index (χ3v) is 2.65. The third kappa shape index (κ3) is 4.50. The summed E-state index contributed by atoms with van der Waals surface area (Å²) < 4.78 is 5.43. The number of benzene rings is 1. The molecule has 0 aliphatic carbocycles. The second-order valence-corrected chi connectivity index (χ2v) is 4.72. The third-order valence-electron chi connectivity index (χ3n) is 2.13. The molecule has 0 unspecified atom stereocenters. The van der Waals surface area contributed by atoms with Crippen molar-refractivity contribution >= 4 is 34.5 Å². The molecule has 0 saturated heterocycles. The molecular weight excluding hydrogens is 256 g/mol. The van der Waals surface area contributed by atoms with Gasteiger partial charge < -0.3 is 15.8 Å². The molecule has 3 nitrogen and oxygen atoms in total. The maximum absolute atomic E-state index is 6.05. The van der Waals surface area contributed by atoms with Crippen LogP contribution < -0.4 is 11.1 Å². The highest BCUT2D eigenvalue weighted by atomic mass is 35.5. The van der Waals surface area contributed by atoms with Gasteiger partial charge in [0.2, 0.25) is 0 Å². The molecular formula is C12H17ClN2OS. The Morgan fingerprint density at radius 1 is 1.53 bits per heavy atom. The Morgan fingerprint density at radius 2 is 2.24 bits per heavy atom. The zero-order valence-electron chi connectivity index (χ0n) is 10.00. The summed E-state index contributed by atoms with van der Waals surface area (Å²) in [6.45, 7) is 5.31. The molecule has 0 heterocycles. The van der Waals surface area contributed by atoms with Gasteiger partial charge in [0, 0.05) is 12.2 Å². The highest BCUT2D eigenvalue weighted by Crippen LogP contribution is 2.23. The SMILES string of the molecule is CC(C)OCCNc1cccc(Cl)c1C(N)=S. The van der Waals surface area contributed by atoms with Crippen LogP contribution in [0.25, 0.3) is 0 Å². The van der Waals surface area contributed by atoms with E-state index in [0.29, 0.717) is 28.7 Å². The molecule has 94 valence electrons. The fourth-order valence-electron chi connectivity index (χ4n) is 1.40. The van der Waals surface area contributed by atoms with Crippen LogP contribution in [0.15, 0.2) is 18.2 Å². The fraction of sp³-hybridized carbons (Fsp3) is 0.417. The highest BCUT2D eigenvalue weighted by Gasteiger charge is 2.08. The van der Waals surface area contributed by atoms with Gasteiger partial charge in [-0.3, -0.25) is 0 Å². The first-order chi connectivity index (χ1) is 8.02. The van der Waals surface area contributed by atoms with Gasteiger partial charge in [0.15, 0.2) is 0 Å². The van der Waals surface area contributed by atoms with Crippen molar-refractivity contribution in [3.05, 3.63) is 28.8 Å². The van der Waals surface area contributed by atoms with E-state index in [-0.39, 0.29) is 6.10 Å². The number of nitrogens with two attached hydrogens (primary N) is 1. The van der Waals surface area contributed by atoms with E-state index in [2.05, 4.69) is 5.32 Å². The summed E-state index contributed by atoms with van der Waals surface area (Å²) in [5.74, 6) is 0. The first-order valence-electron chi connectivity index (χ1n) is 5.46. The molecule has 3 N–H and O–H groups in total. The van der Waals surface area contributed by atoms with Gasteiger partial charge >= 0.3 is 0 Å². The molecule has 5 heteroatoms. The van der Waals surface area contributed by atoms with Crippen LogP contribution in [0.4, 0.5) is 5.69 Å². The molecule has 0 radical (unpaired) electrons. The van der Waals surface area contributed by atoms with Crippen molar-refractivity contribution in [2.45, 2.75) is 20.0 Å². The number of halogens is 1. The Morgan fingerprint density at radius 3 is 2.82 bits per heavy atom. The molecule has 1 aromatic carbocycles. The number of hydrogen-bond donors (Lipinski definition) is 2. The number of thiocarbonyl (C=S) groups is 1. The van der Waals surface area contributed by atoms with Gasteiger partial charge in [-0.05, 0) is 26.0 Å². The van der Waals surface area contributed by atoms with E-state index >= 15 is 0 Å². The standard InChI is InChI=1S/C12H17ClN2OS/c1-8(2)16-7-6-15-10-5-3-4-9(13)11(10)12(14)17/h3-5,8,15H,6-7H2,1-2H3,(H2,14,17). The Hall–Kier alpha value is -0.840. The maximum atomic E-state index is 6.05. The Kier molecular flexibility index (Phi) is 5.68. The molecule has 0 fully saturated rings. The van der Waals surface area contributed by atoms with Gasteiger partial charge in [0.25, 0.3) is 0 Å². The normalized spacial score (nSPS) is 10.6. The molecule has 0 spiro atoms. The highest BCUT2D eigenvalue weighted by molar-refractivity contribution is 7.80. The van der Waals surface area contributed by atoms with Crippen molar-refractivity contribution in [1.29, 1.82) is 0 Å². The van der Waals surface area contributed by atoms with Crippen LogP contribution in [-0.4, -0.2) is 24.2 Å². The topological polar surface area (TPSA) is 47.3 Å². The van der Waals surface area contributed by atoms with Crippen LogP contribution in [0.2, 0.25) is 5.02 Å². The largest absolute Gasteiger partial charge is 0.389 e. The lowest BCUT2D eigenvalue weighted by atomic mass is 10.1. The van der Waals surface area contributed by atoms with Crippen molar-refractivity contribution in [3.8, 4) is 0 Å². The minimum absolute atomic E-state index is 0.228. The molecule has 0 atom stereocenters. The maximum Gasteiger partial charge on any atom is 0.107 e.